The van der Waals surface area contributed by atoms with Gasteiger partial charge in [0.2, 0.25) is 0 Å². The van der Waals surface area contributed by atoms with Crippen LogP contribution in [0.1, 0.15) is 40.7 Å². The Hall–Kier alpha value is -2.62. The van der Waals surface area contributed by atoms with Crippen molar-refractivity contribution in [3.8, 4) is 0 Å². The van der Waals surface area contributed by atoms with Gasteiger partial charge in [0.15, 0.2) is 0 Å². The fraction of sp³-hybridized carbons (Fsp3) is 0.333. The number of benzene rings is 2. The van der Waals surface area contributed by atoms with Gasteiger partial charge in [-0.3, -0.25) is 4.79 Å². The fourth-order valence-electron chi connectivity index (χ4n) is 3.60. The molecule has 3 aromatic rings. The molecule has 1 atom stereocenters. The van der Waals surface area contributed by atoms with Gasteiger partial charge in [-0.25, -0.2) is 4.98 Å². The quantitative estimate of drug-likeness (QED) is 0.791. The van der Waals surface area contributed by atoms with Crippen molar-refractivity contribution in [1.82, 2.24) is 14.9 Å². The summed E-state index contributed by atoms with van der Waals surface area (Å²) < 4.78 is 2.30. The highest BCUT2D eigenvalue weighted by Gasteiger charge is 2.19. The second-order valence-electron chi connectivity index (χ2n) is 7.15. The highest BCUT2D eigenvalue weighted by atomic mass is 16.1. The summed E-state index contributed by atoms with van der Waals surface area (Å²) in [5.74, 6) is 1.77. The molecule has 0 radical (unpaired) electrons. The fourth-order valence-corrected chi connectivity index (χ4v) is 3.60. The van der Waals surface area contributed by atoms with Crippen LogP contribution in [0, 0.1) is 12.8 Å². The van der Waals surface area contributed by atoms with Gasteiger partial charge in [0.25, 0.3) is 5.91 Å². The average molecular weight is 333 g/mol. The van der Waals surface area contributed by atoms with Gasteiger partial charge < -0.3 is 9.88 Å². The van der Waals surface area contributed by atoms with Gasteiger partial charge in [-0.15, -0.1) is 0 Å². The second kappa shape index (κ2) is 6.36. The van der Waals surface area contributed by atoms with E-state index < -0.39 is 0 Å². The molecular weight excluding hydrogens is 310 g/mol. The molecule has 4 heteroatoms. The van der Waals surface area contributed by atoms with E-state index in [9.17, 15) is 4.79 Å². The number of fused-ring (bicyclic) bond motifs is 3. The Morgan fingerprint density at radius 3 is 3.00 bits per heavy atom. The summed E-state index contributed by atoms with van der Waals surface area (Å²) in [6.07, 6.45) is 2.21. The van der Waals surface area contributed by atoms with Crippen LogP contribution in [0.3, 0.4) is 0 Å². The van der Waals surface area contributed by atoms with Crippen LogP contribution >= 0.6 is 0 Å². The smallest absolute Gasteiger partial charge is 0.251 e. The van der Waals surface area contributed by atoms with E-state index in [2.05, 4.69) is 35.9 Å². The van der Waals surface area contributed by atoms with Crippen LogP contribution < -0.4 is 5.32 Å². The monoisotopic (exact) mass is 333 g/mol. The van der Waals surface area contributed by atoms with E-state index in [-0.39, 0.29) is 5.91 Å². The molecule has 1 unspecified atom stereocenters. The van der Waals surface area contributed by atoms with Gasteiger partial charge in [0.1, 0.15) is 5.82 Å². The molecule has 2 aromatic carbocycles. The minimum atomic E-state index is -0.0530. The molecule has 1 aliphatic rings. The van der Waals surface area contributed by atoms with Crippen molar-refractivity contribution in [1.29, 1.82) is 0 Å². The number of rotatable bonds is 3. The first-order valence-corrected chi connectivity index (χ1v) is 8.93. The van der Waals surface area contributed by atoms with E-state index in [1.165, 1.54) is 12.0 Å². The third-order valence-electron chi connectivity index (χ3n) is 5.00. The summed E-state index contributed by atoms with van der Waals surface area (Å²) in [4.78, 5) is 17.3. The van der Waals surface area contributed by atoms with Crippen LogP contribution in [0.15, 0.2) is 42.5 Å². The molecule has 128 valence electrons. The highest BCUT2D eigenvalue weighted by Crippen LogP contribution is 2.25. The zero-order valence-electron chi connectivity index (χ0n) is 14.7. The van der Waals surface area contributed by atoms with Crippen LogP contribution in [0.25, 0.3) is 11.0 Å². The van der Waals surface area contributed by atoms with Gasteiger partial charge in [-0.05, 0) is 43.0 Å². The molecule has 4 nitrogen and oxygen atoms in total. The van der Waals surface area contributed by atoms with Gasteiger partial charge in [0.05, 0.1) is 11.0 Å². The first-order valence-electron chi connectivity index (χ1n) is 8.93. The van der Waals surface area contributed by atoms with Gasteiger partial charge in [0, 0.05) is 25.1 Å². The summed E-state index contributed by atoms with van der Waals surface area (Å²) in [6.45, 7) is 5.88. The largest absolute Gasteiger partial charge is 0.348 e. The number of imidazole rings is 1. The number of nitrogens with zero attached hydrogens (tertiary/aromatic N) is 2. The van der Waals surface area contributed by atoms with E-state index in [1.54, 1.807) is 0 Å². The number of aromatic nitrogens is 2. The minimum absolute atomic E-state index is 0.0530. The number of hydrogen-bond donors (Lipinski definition) is 1. The molecule has 1 aliphatic heterocycles. The molecule has 25 heavy (non-hydrogen) atoms. The summed E-state index contributed by atoms with van der Waals surface area (Å²) >= 11 is 0. The van der Waals surface area contributed by atoms with E-state index in [0.717, 1.165) is 35.4 Å². The normalized spacial score (nSPS) is 16.6. The van der Waals surface area contributed by atoms with Gasteiger partial charge >= 0.3 is 0 Å². The topological polar surface area (TPSA) is 46.9 Å². The molecule has 0 saturated carbocycles. The van der Waals surface area contributed by atoms with E-state index >= 15 is 0 Å². The lowest BCUT2D eigenvalue weighted by molar-refractivity contribution is 0.0951. The van der Waals surface area contributed by atoms with Crippen LogP contribution in [-0.2, 0) is 19.5 Å². The lowest BCUT2D eigenvalue weighted by atomic mass is 10.0. The number of carbonyl (C=O) groups is 1. The predicted molar refractivity (Wildman–Crippen MR) is 99.6 cm³/mol. The van der Waals surface area contributed by atoms with Crippen molar-refractivity contribution >= 4 is 16.9 Å². The van der Waals surface area contributed by atoms with Crippen molar-refractivity contribution in [2.24, 2.45) is 5.92 Å². The molecule has 2 heterocycles. The summed E-state index contributed by atoms with van der Waals surface area (Å²) in [5.41, 5.74) is 5.04. The maximum Gasteiger partial charge on any atom is 0.251 e. The lowest BCUT2D eigenvalue weighted by Gasteiger charge is -2.19. The Morgan fingerprint density at radius 1 is 1.28 bits per heavy atom. The van der Waals surface area contributed by atoms with Crippen molar-refractivity contribution in [3.63, 3.8) is 0 Å². The highest BCUT2D eigenvalue weighted by molar-refractivity contribution is 5.97. The van der Waals surface area contributed by atoms with Crippen molar-refractivity contribution in [3.05, 3.63) is 65.0 Å². The molecule has 0 fully saturated rings. The standard InChI is InChI=1S/C21H23N3O/c1-14-4-3-5-16(10-14)13-22-21(25)17-6-7-19-18(12-17)23-20-11-15(2)8-9-24(19)20/h3-7,10,12,15H,8-9,11,13H2,1-2H3,(H,22,25). The maximum atomic E-state index is 12.5. The molecule has 0 aliphatic carbocycles. The minimum Gasteiger partial charge on any atom is -0.348 e. The molecule has 0 saturated heterocycles. The lowest BCUT2D eigenvalue weighted by Crippen LogP contribution is -2.22. The van der Waals surface area contributed by atoms with E-state index in [0.29, 0.717) is 18.0 Å². The van der Waals surface area contributed by atoms with E-state index in [4.69, 9.17) is 4.98 Å². The second-order valence-corrected chi connectivity index (χ2v) is 7.15. The van der Waals surface area contributed by atoms with Crippen molar-refractivity contribution in [2.75, 3.05) is 0 Å². The first kappa shape index (κ1) is 15.9. The Morgan fingerprint density at radius 2 is 2.16 bits per heavy atom. The number of nitrogens with one attached hydrogen (secondary N) is 1. The molecule has 1 amide bonds. The van der Waals surface area contributed by atoms with Crippen molar-refractivity contribution in [2.45, 2.75) is 39.8 Å². The Bertz CT molecular complexity index is 941. The zero-order valence-corrected chi connectivity index (χ0v) is 14.7. The Balaban J connectivity index is 1.54. The third-order valence-corrected chi connectivity index (χ3v) is 5.00. The molecule has 0 bridgehead atoms. The van der Waals surface area contributed by atoms with Gasteiger partial charge in [-0.1, -0.05) is 36.8 Å². The van der Waals surface area contributed by atoms with E-state index in [1.807, 2.05) is 30.3 Å². The average Bonchev–Trinajstić information content (AvgIpc) is 2.96. The Kier molecular flexibility index (Phi) is 4.04. The number of aryl methyl sites for hydroxylation is 2. The molecular formula is C21H23N3O. The number of amides is 1. The maximum absolute atomic E-state index is 12.5. The van der Waals surface area contributed by atoms with Gasteiger partial charge in [-0.2, -0.15) is 0 Å². The summed E-state index contributed by atoms with van der Waals surface area (Å²) in [5, 5.41) is 3.00. The predicted octanol–water partition coefficient (Wildman–Crippen LogP) is 3.86. The summed E-state index contributed by atoms with van der Waals surface area (Å²) in [7, 11) is 0. The number of hydrogen-bond acceptors (Lipinski definition) is 2. The molecule has 1 N–H and O–H groups in total. The third kappa shape index (κ3) is 3.16. The molecule has 1 aromatic heterocycles. The van der Waals surface area contributed by atoms with Crippen LogP contribution in [-0.4, -0.2) is 15.5 Å². The van der Waals surface area contributed by atoms with Crippen LogP contribution in [0.5, 0.6) is 0 Å². The number of carbonyl (C=O) groups excluding carboxylic acids is 1. The summed E-state index contributed by atoms with van der Waals surface area (Å²) in [6, 6.07) is 14.0. The first-order chi connectivity index (χ1) is 12.1. The molecule has 4 rings (SSSR count). The van der Waals surface area contributed by atoms with Crippen LogP contribution in [0.4, 0.5) is 0 Å². The Labute approximate surface area is 147 Å². The van der Waals surface area contributed by atoms with Crippen molar-refractivity contribution < 1.29 is 4.79 Å². The SMILES string of the molecule is Cc1cccc(CNC(=O)c2ccc3c(c2)nc2n3CCC(C)C2)c1. The zero-order chi connectivity index (χ0) is 17.4. The molecule has 0 spiro atoms. The van der Waals surface area contributed by atoms with Crippen LogP contribution in [0.2, 0.25) is 0 Å².